The summed E-state index contributed by atoms with van der Waals surface area (Å²) in [6, 6.07) is -6.69. The highest BCUT2D eigenvalue weighted by molar-refractivity contribution is 7.80. The van der Waals surface area contributed by atoms with E-state index in [2.05, 4.69) is 39.2 Å². The van der Waals surface area contributed by atoms with E-state index in [-0.39, 0.29) is 12.3 Å². The van der Waals surface area contributed by atoms with E-state index in [0.29, 0.717) is 12.8 Å². The van der Waals surface area contributed by atoms with E-state index >= 15 is 0 Å². The number of aliphatic carboxylic acids is 1. The maximum atomic E-state index is 13.0. The third-order valence-electron chi connectivity index (χ3n) is 6.06. The van der Waals surface area contributed by atoms with E-state index in [1.807, 2.05) is 0 Å². The van der Waals surface area contributed by atoms with Gasteiger partial charge in [0, 0.05) is 12.3 Å². The van der Waals surface area contributed by atoms with Crippen molar-refractivity contribution in [2.45, 2.75) is 76.3 Å². The predicted molar refractivity (Wildman–Crippen MR) is 146 cm³/mol. The topological polar surface area (TPSA) is 272 Å². The largest absolute Gasteiger partial charge is 0.480 e. The van der Waals surface area contributed by atoms with Crippen molar-refractivity contribution in [1.82, 2.24) is 31.5 Å². The molecule has 17 nitrogen and oxygen atoms in total. The molecule has 0 radical (unpaired) electrons. The Balaban J connectivity index is 2.66. The van der Waals surface area contributed by atoms with E-state index in [1.165, 1.54) is 25.7 Å². The van der Waals surface area contributed by atoms with Crippen LogP contribution in [0, 0.1) is 0 Å². The minimum atomic E-state index is -1.26. The first-order valence-electron chi connectivity index (χ1n) is 12.7. The van der Waals surface area contributed by atoms with Crippen LogP contribution < -0.4 is 38.1 Å². The lowest BCUT2D eigenvalue weighted by Crippen LogP contribution is -2.58. The molecular weight excluding hydrogens is 564 g/mol. The molecule has 7 amide bonds. The minimum absolute atomic E-state index is 0.136. The summed E-state index contributed by atoms with van der Waals surface area (Å²) in [5.41, 5.74) is 10.5. The summed E-state index contributed by atoms with van der Waals surface area (Å²) >= 11 is 4.01. The lowest BCUT2D eigenvalue weighted by atomic mass is 10.1. The van der Waals surface area contributed by atoms with E-state index in [0.717, 1.165) is 0 Å². The third-order valence-corrected chi connectivity index (χ3v) is 6.43. The fraction of sp³-hybridized carbons (Fsp3) is 0.652. The van der Waals surface area contributed by atoms with Gasteiger partial charge in [0.25, 0.3) is 0 Å². The van der Waals surface area contributed by atoms with Crippen LogP contribution >= 0.6 is 12.6 Å². The van der Waals surface area contributed by atoms with Crippen molar-refractivity contribution in [2.24, 2.45) is 11.5 Å². The van der Waals surface area contributed by atoms with Crippen LogP contribution in [0.3, 0.4) is 0 Å². The molecule has 0 unspecified atom stereocenters. The predicted octanol–water partition coefficient (Wildman–Crippen LogP) is -4.69. The van der Waals surface area contributed by atoms with Crippen molar-refractivity contribution in [1.29, 1.82) is 0 Å². The maximum absolute atomic E-state index is 13.0. The molecule has 1 fully saturated rings. The number of thiol groups is 1. The molecular formula is C23H38N8O9S. The van der Waals surface area contributed by atoms with Crippen molar-refractivity contribution in [3.63, 3.8) is 0 Å². The van der Waals surface area contributed by atoms with Crippen molar-refractivity contribution >= 4 is 59.9 Å². The highest BCUT2D eigenvalue weighted by atomic mass is 32.1. The van der Waals surface area contributed by atoms with Gasteiger partial charge < -0.3 is 48.1 Å². The smallest absolute Gasteiger partial charge is 0.325 e. The first kappa shape index (κ1) is 35.1. The van der Waals surface area contributed by atoms with Crippen LogP contribution in [0.15, 0.2) is 0 Å². The minimum Gasteiger partial charge on any atom is -0.480 e. The molecule has 10 N–H and O–H groups in total. The van der Waals surface area contributed by atoms with Crippen molar-refractivity contribution < 1.29 is 43.5 Å². The van der Waals surface area contributed by atoms with Gasteiger partial charge in [-0.25, -0.2) is 0 Å². The first-order valence-corrected chi connectivity index (χ1v) is 13.4. The zero-order valence-electron chi connectivity index (χ0n) is 23.0. The Hall–Kier alpha value is -3.93. The molecule has 6 atom stereocenters. The molecule has 18 heteroatoms. The summed E-state index contributed by atoms with van der Waals surface area (Å²) in [5.74, 6) is -6.36. The molecule has 0 aromatic rings. The second kappa shape index (κ2) is 16.4. The number of carbonyl (C=O) groups excluding carboxylic acids is 7. The number of carbonyl (C=O) groups is 8. The van der Waals surface area contributed by atoms with Crippen molar-refractivity contribution in [3.05, 3.63) is 0 Å². The maximum Gasteiger partial charge on any atom is 0.325 e. The first-order chi connectivity index (χ1) is 19.1. The second-order valence-electron chi connectivity index (χ2n) is 9.52. The summed E-state index contributed by atoms with van der Waals surface area (Å²) in [6.45, 7) is 3.73. The summed E-state index contributed by atoms with van der Waals surface area (Å²) in [4.78, 5) is 97.8. The Morgan fingerprint density at radius 2 is 1.54 bits per heavy atom. The molecule has 0 spiro atoms. The van der Waals surface area contributed by atoms with Gasteiger partial charge >= 0.3 is 5.97 Å². The molecule has 0 bridgehead atoms. The van der Waals surface area contributed by atoms with Gasteiger partial charge in [0.2, 0.25) is 41.4 Å². The monoisotopic (exact) mass is 602 g/mol. The van der Waals surface area contributed by atoms with Crippen molar-refractivity contribution in [2.75, 3.05) is 18.8 Å². The fourth-order valence-electron chi connectivity index (χ4n) is 3.76. The summed E-state index contributed by atoms with van der Waals surface area (Å²) in [7, 11) is 0. The Bertz CT molecular complexity index is 1040. The average Bonchev–Trinajstić information content (AvgIpc) is 3.39. The zero-order valence-corrected chi connectivity index (χ0v) is 23.9. The van der Waals surface area contributed by atoms with Crippen LogP contribution in [0.1, 0.15) is 40.0 Å². The van der Waals surface area contributed by atoms with Crippen LogP contribution in [-0.2, 0) is 38.4 Å². The molecule has 0 aliphatic carbocycles. The van der Waals surface area contributed by atoms with Crippen LogP contribution in [0.5, 0.6) is 0 Å². The molecule has 0 saturated carbocycles. The molecule has 0 aromatic carbocycles. The van der Waals surface area contributed by atoms with Gasteiger partial charge in [-0.15, -0.1) is 0 Å². The molecule has 41 heavy (non-hydrogen) atoms. The number of carboxylic acid groups (broad SMARTS) is 1. The average molecular weight is 603 g/mol. The van der Waals surface area contributed by atoms with Gasteiger partial charge in [-0.05, 0) is 33.6 Å². The van der Waals surface area contributed by atoms with Crippen LogP contribution in [-0.4, -0.2) is 112 Å². The van der Waals surface area contributed by atoms with Crippen LogP contribution in [0.4, 0.5) is 0 Å². The number of carboxylic acids is 1. The van der Waals surface area contributed by atoms with Gasteiger partial charge in [0.1, 0.15) is 30.2 Å². The normalized spacial score (nSPS) is 18.1. The molecule has 1 saturated heterocycles. The quantitative estimate of drug-likeness (QED) is 0.0808. The standard InChI is InChI=1S/C23H38N8O9S/c1-10(18(34)30-14(9-41)20(36)29-12(3)23(39)40)28-21(37)15-5-4-6-31(15)22(38)11(2)27-17(33)8-26-19(35)13(24)7-16(25)32/h10-15,41H,4-9,24H2,1-3H3,(H2,25,32)(H,26,35)(H,27,33)(H,28,37)(H,29,36)(H,30,34)(H,39,40)/t10-,11-,12-,13-,14-,15-/m0/s1. The van der Waals surface area contributed by atoms with E-state index in [1.54, 1.807) is 0 Å². The summed E-state index contributed by atoms with van der Waals surface area (Å²) in [6.07, 6.45) is 0.385. The van der Waals surface area contributed by atoms with E-state index in [4.69, 9.17) is 16.6 Å². The second-order valence-corrected chi connectivity index (χ2v) is 9.88. The molecule has 1 rings (SSSR count). The molecule has 1 aliphatic heterocycles. The number of rotatable bonds is 15. The summed E-state index contributed by atoms with van der Waals surface area (Å²) in [5, 5.41) is 20.7. The number of hydrogen-bond donors (Lipinski definition) is 9. The van der Waals surface area contributed by atoms with Crippen molar-refractivity contribution in [3.8, 4) is 0 Å². The zero-order chi connectivity index (χ0) is 31.4. The molecule has 230 valence electrons. The van der Waals surface area contributed by atoms with Crippen LogP contribution in [0.2, 0.25) is 0 Å². The van der Waals surface area contributed by atoms with Gasteiger partial charge in [-0.2, -0.15) is 12.6 Å². The van der Waals surface area contributed by atoms with Gasteiger partial charge in [0.15, 0.2) is 0 Å². The van der Waals surface area contributed by atoms with E-state index < -0.39 is 96.5 Å². The number of primary amides is 1. The lowest BCUT2D eigenvalue weighted by Gasteiger charge is -2.28. The molecule has 1 aliphatic rings. The number of nitrogens with zero attached hydrogens (tertiary/aromatic N) is 1. The number of nitrogens with two attached hydrogens (primary N) is 2. The lowest BCUT2D eigenvalue weighted by molar-refractivity contribution is -0.142. The van der Waals surface area contributed by atoms with Gasteiger partial charge in [-0.1, -0.05) is 0 Å². The number of hydrogen-bond acceptors (Lipinski definition) is 10. The van der Waals surface area contributed by atoms with Crippen LogP contribution in [0.25, 0.3) is 0 Å². The Morgan fingerprint density at radius 1 is 0.902 bits per heavy atom. The SMILES string of the molecule is C[C@H](NC(=O)[C@H](CS)NC(=O)[C@H](C)NC(=O)[C@@H]1CCCN1C(=O)[C@H](C)NC(=O)CNC(=O)[C@@H](N)CC(N)=O)C(=O)O. The Kier molecular flexibility index (Phi) is 14.0. The Morgan fingerprint density at radius 3 is 2.10 bits per heavy atom. The van der Waals surface area contributed by atoms with E-state index in [9.17, 15) is 38.4 Å². The highest BCUT2D eigenvalue weighted by Gasteiger charge is 2.37. The number of nitrogens with one attached hydrogen (secondary N) is 5. The summed E-state index contributed by atoms with van der Waals surface area (Å²) < 4.78 is 0. The van der Waals surface area contributed by atoms with Gasteiger partial charge in [0.05, 0.1) is 19.0 Å². The highest BCUT2D eigenvalue weighted by Crippen LogP contribution is 2.19. The third kappa shape index (κ3) is 11.2. The number of amides is 7. The van der Waals surface area contributed by atoms with Gasteiger partial charge in [-0.3, -0.25) is 38.4 Å². The molecule has 1 heterocycles. The Labute approximate surface area is 241 Å². The fourth-order valence-corrected chi connectivity index (χ4v) is 4.01. The molecule has 0 aromatic heterocycles. The number of likely N-dealkylation sites (tertiary alicyclic amines) is 1.